The number of hydrogen-bond donors (Lipinski definition) is 5. The predicted octanol–water partition coefficient (Wildman–Crippen LogP) is 6.42. The molecule has 4 fully saturated rings. The van der Waals surface area contributed by atoms with Crippen LogP contribution < -0.4 is 30.9 Å². The van der Waals surface area contributed by atoms with E-state index in [2.05, 4.69) is 70.2 Å². The lowest BCUT2D eigenvalue weighted by atomic mass is 9.83. The molecule has 2 aromatic carbocycles. The van der Waals surface area contributed by atoms with Gasteiger partial charge in [0.2, 0.25) is 5.91 Å². The van der Waals surface area contributed by atoms with Crippen molar-refractivity contribution in [2.24, 2.45) is 12.5 Å². The van der Waals surface area contributed by atoms with Crippen LogP contribution in [0.5, 0.6) is 0 Å². The van der Waals surface area contributed by atoms with Crippen molar-refractivity contribution < 1.29 is 43.2 Å². The Morgan fingerprint density at radius 3 is 2.30 bits per heavy atom. The number of piperidine rings is 2. The minimum absolute atomic E-state index is 0.0149. The van der Waals surface area contributed by atoms with Crippen LogP contribution in [-0.2, 0) is 40.3 Å². The molecule has 0 spiro atoms. The number of piperazine rings is 1. The fraction of sp³-hybridized carbons (Fsp3) is 0.559. The highest BCUT2D eigenvalue weighted by molar-refractivity contribution is 7.46. The number of hydrogen-bond acceptors (Lipinski definition) is 14. The maximum atomic E-state index is 14.3. The van der Waals surface area contributed by atoms with Crippen LogP contribution in [0.25, 0.3) is 0 Å². The highest BCUT2D eigenvalue weighted by atomic mass is 31.2. The first-order valence-electron chi connectivity index (χ1n) is 28.8. The zero-order valence-electron chi connectivity index (χ0n) is 47.6. The van der Waals surface area contributed by atoms with E-state index >= 15 is 0 Å². The van der Waals surface area contributed by atoms with Crippen molar-refractivity contribution in [2.45, 2.75) is 160 Å². The molecule has 3 saturated heterocycles. The topological polar surface area (TPSA) is 239 Å². The highest BCUT2D eigenvalue weighted by Crippen LogP contribution is 2.48. The molecule has 1 unspecified atom stereocenters. The number of amides is 4. The van der Waals surface area contributed by atoms with Gasteiger partial charge in [0.25, 0.3) is 23.3 Å². The number of phosphoric acid groups is 1. The third-order valence-electron chi connectivity index (χ3n) is 18.5. The van der Waals surface area contributed by atoms with Crippen molar-refractivity contribution in [3.05, 3.63) is 99.7 Å². The SMILES string of the molecule is C=CC(=O)Nc1cc(Nc2nc(N3CCC[C@H](N4CCn5c(cc6c5CC(C)(C)C6)C4=O)[C@@H]3[C@H](C)O)cn(C)c2=O)ccc1N1CCN(C2CCN(c3cccc4c3C(=O)N(C3CCC(C)(OP(=O)(O)O)CC3)C4=O)[C@@H](C)C2)C[C@@H]1C. The Balaban J connectivity index is 0.756. The largest absolute Gasteiger partial charge is 0.470 e. The van der Waals surface area contributed by atoms with Gasteiger partial charge < -0.3 is 54.3 Å². The third kappa shape index (κ3) is 10.7. The standard InChI is InChI=1S/C59H78N11O10P/c1-9-50(72)61-43-30-39(60-53-57(76)63(8)34-49(62-53)69-22-11-14-46(52(69)37(4)71)68-27-26-67-47(55(68)74)29-38-31-58(5,6)32-48(38)67)15-16-44(43)66-25-24-64(33-36(66)3)41-19-23-65(35(2)28-41)45-13-10-12-42-51(45)56(75)70(54(42)73)40-17-20-59(7,21-18-40)80-81(77,78)79/h9-10,12-13,15-16,29-30,34-37,40-41,46,52,71H,1,11,14,17-28,31-33H2,2-8H3,(H,60,62)(H,61,72)(H2,77,78,79)/t35-,36-,37-,40?,41?,46-,52-,59?/m0/s1. The molecular formula is C59H78N11O10P. The first-order chi connectivity index (χ1) is 38.4. The second kappa shape index (κ2) is 21.4. The van der Waals surface area contributed by atoms with Crippen LogP contribution in [-0.4, -0.2) is 155 Å². The van der Waals surface area contributed by atoms with Gasteiger partial charge in [-0.1, -0.05) is 26.5 Å². The van der Waals surface area contributed by atoms with Crippen LogP contribution in [0, 0.1) is 5.41 Å². The van der Waals surface area contributed by atoms with E-state index in [-0.39, 0.29) is 64.6 Å². The number of aliphatic hydroxyl groups excluding tert-OH is 1. The zero-order chi connectivity index (χ0) is 57.6. The Labute approximate surface area is 473 Å². The molecule has 6 atom stereocenters. The van der Waals surface area contributed by atoms with E-state index < -0.39 is 31.6 Å². The first-order valence-corrected chi connectivity index (χ1v) is 30.4. The fourth-order valence-electron chi connectivity index (χ4n) is 14.7. The molecule has 81 heavy (non-hydrogen) atoms. The molecular weight excluding hydrogens is 1050 g/mol. The van der Waals surface area contributed by atoms with E-state index in [0.29, 0.717) is 86.7 Å². The number of carbonyl (C=O) groups is 4. The molecule has 0 bridgehead atoms. The van der Waals surface area contributed by atoms with Gasteiger partial charge in [-0.05, 0) is 145 Å². The number of carbonyl (C=O) groups excluding carboxylic acids is 4. The van der Waals surface area contributed by atoms with E-state index in [1.165, 1.54) is 26.8 Å². The summed E-state index contributed by atoms with van der Waals surface area (Å²) in [4.78, 5) is 106. The molecule has 2 aromatic heterocycles. The second-order valence-corrected chi connectivity index (χ2v) is 26.1. The van der Waals surface area contributed by atoms with E-state index in [1.807, 2.05) is 34.1 Å². The van der Waals surface area contributed by atoms with Gasteiger partial charge in [0, 0.05) is 94.6 Å². The number of imide groups is 1. The highest BCUT2D eigenvalue weighted by Gasteiger charge is 2.48. The number of benzene rings is 2. The Bertz CT molecular complexity index is 3290. The molecule has 4 aromatic rings. The predicted molar refractivity (Wildman–Crippen MR) is 309 cm³/mol. The van der Waals surface area contributed by atoms with Crippen molar-refractivity contribution in [3.63, 3.8) is 0 Å². The van der Waals surface area contributed by atoms with Gasteiger partial charge >= 0.3 is 7.82 Å². The van der Waals surface area contributed by atoms with Crippen LogP contribution in [0.4, 0.5) is 34.4 Å². The molecule has 7 aliphatic rings. The van der Waals surface area contributed by atoms with Crippen LogP contribution in [0.2, 0.25) is 0 Å². The van der Waals surface area contributed by atoms with E-state index in [4.69, 9.17) is 9.51 Å². The maximum absolute atomic E-state index is 14.3. The summed E-state index contributed by atoms with van der Waals surface area (Å²) in [6, 6.07) is 12.4. The summed E-state index contributed by atoms with van der Waals surface area (Å²) in [5.41, 5.74) is 5.43. The molecule has 5 N–H and O–H groups in total. The first kappa shape index (κ1) is 56.5. The molecule has 11 rings (SSSR count). The number of rotatable bonds is 13. The number of nitrogens with one attached hydrogen (secondary N) is 2. The molecule has 2 aliphatic carbocycles. The maximum Gasteiger partial charge on any atom is 0.470 e. The molecule has 1 saturated carbocycles. The van der Waals surface area contributed by atoms with Crippen molar-refractivity contribution >= 4 is 65.8 Å². The van der Waals surface area contributed by atoms with Gasteiger partial charge in [0.1, 0.15) is 11.5 Å². The fourth-order valence-corrected chi connectivity index (χ4v) is 15.5. The Morgan fingerprint density at radius 1 is 0.852 bits per heavy atom. The van der Waals surface area contributed by atoms with Crippen molar-refractivity contribution in [3.8, 4) is 0 Å². The van der Waals surface area contributed by atoms with Crippen molar-refractivity contribution in [1.82, 2.24) is 28.8 Å². The quantitative estimate of drug-likeness (QED) is 0.0551. The van der Waals surface area contributed by atoms with Crippen LogP contribution in [0.1, 0.15) is 135 Å². The Hall–Kier alpha value is -6.35. The number of anilines is 6. The van der Waals surface area contributed by atoms with Crippen molar-refractivity contribution in [2.75, 3.05) is 64.6 Å². The lowest BCUT2D eigenvalue weighted by Crippen LogP contribution is -2.62. The minimum atomic E-state index is -4.71. The lowest BCUT2D eigenvalue weighted by Gasteiger charge is -2.48. The number of phosphoric ester groups is 1. The van der Waals surface area contributed by atoms with Crippen LogP contribution >= 0.6 is 7.82 Å². The molecule has 0 radical (unpaired) electrons. The van der Waals surface area contributed by atoms with Gasteiger partial charge in [-0.3, -0.25) is 38.3 Å². The van der Waals surface area contributed by atoms with E-state index in [0.717, 1.165) is 68.7 Å². The summed E-state index contributed by atoms with van der Waals surface area (Å²) in [5.74, 6) is -0.502. The molecule has 434 valence electrons. The normalized spacial score (nSPS) is 27.3. The van der Waals surface area contributed by atoms with Gasteiger partial charge in [-0.25, -0.2) is 9.55 Å². The lowest BCUT2D eigenvalue weighted by molar-refractivity contribution is -0.111. The smallest absolute Gasteiger partial charge is 0.391 e. The van der Waals surface area contributed by atoms with E-state index in [9.17, 15) is 43.4 Å². The van der Waals surface area contributed by atoms with Crippen molar-refractivity contribution in [1.29, 1.82) is 0 Å². The molecule has 7 heterocycles. The van der Waals surface area contributed by atoms with Gasteiger partial charge in [-0.15, -0.1) is 0 Å². The molecule has 4 amide bonds. The van der Waals surface area contributed by atoms with Crippen LogP contribution in [0.3, 0.4) is 0 Å². The summed E-state index contributed by atoms with van der Waals surface area (Å²) in [6.07, 6.45) is 8.49. The number of aromatic nitrogens is 3. The Morgan fingerprint density at radius 2 is 1.59 bits per heavy atom. The third-order valence-corrected chi connectivity index (χ3v) is 19.2. The molecule has 22 heteroatoms. The van der Waals surface area contributed by atoms with Gasteiger partial charge in [0.05, 0.1) is 52.0 Å². The number of aryl methyl sites for hydroxylation is 1. The number of aliphatic hydroxyl groups is 1. The summed E-state index contributed by atoms with van der Waals surface area (Å²) in [7, 11) is -3.04. The summed E-state index contributed by atoms with van der Waals surface area (Å²) in [6.45, 7) is 20.7. The average molecular weight is 1130 g/mol. The summed E-state index contributed by atoms with van der Waals surface area (Å²) < 4.78 is 20.4. The average Bonchev–Trinajstić information content (AvgIpc) is 4.06. The minimum Gasteiger partial charge on any atom is -0.391 e. The zero-order valence-corrected chi connectivity index (χ0v) is 48.5. The Kier molecular flexibility index (Phi) is 15.0. The molecule has 21 nitrogen and oxygen atoms in total. The van der Waals surface area contributed by atoms with Crippen LogP contribution in [0.15, 0.2) is 66.1 Å². The van der Waals surface area contributed by atoms with Gasteiger partial charge in [-0.2, -0.15) is 0 Å². The summed E-state index contributed by atoms with van der Waals surface area (Å²) >= 11 is 0. The van der Waals surface area contributed by atoms with Gasteiger partial charge in [0.15, 0.2) is 5.82 Å². The van der Waals surface area contributed by atoms with E-state index in [1.54, 1.807) is 39.2 Å². The summed E-state index contributed by atoms with van der Waals surface area (Å²) in [5, 5.41) is 17.8. The molecule has 5 aliphatic heterocycles. The number of fused-ring (bicyclic) bond motifs is 4. The second-order valence-electron chi connectivity index (χ2n) is 24.9. The number of nitrogens with zero attached hydrogens (tertiary/aromatic N) is 9. The monoisotopic (exact) mass is 1130 g/mol.